The van der Waals surface area contributed by atoms with Crippen LogP contribution in [0.15, 0.2) is 18.2 Å². The largest absolute Gasteiger partial charge is 0.375 e. The maximum Gasteiger partial charge on any atom is 0.241 e. The molecule has 4 nitrogen and oxygen atoms in total. The molecule has 0 radical (unpaired) electrons. The first-order valence-corrected chi connectivity index (χ1v) is 5.65. The number of carbonyl (C=O) groups excluding carboxylic acids is 1. The number of halogens is 1. The van der Waals surface area contributed by atoms with Gasteiger partial charge in [0.2, 0.25) is 5.91 Å². The van der Waals surface area contributed by atoms with E-state index in [1.54, 1.807) is 24.1 Å². The third-order valence-corrected chi connectivity index (χ3v) is 2.72. The van der Waals surface area contributed by atoms with E-state index < -0.39 is 5.82 Å². The van der Waals surface area contributed by atoms with Gasteiger partial charge in [-0.25, -0.2) is 4.39 Å². The second-order valence-electron chi connectivity index (χ2n) is 4.23. The van der Waals surface area contributed by atoms with Crippen LogP contribution in [-0.4, -0.2) is 30.4 Å². The minimum atomic E-state index is -0.591. The van der Waals surface area contributed by atoms with Gasteiger partial charge in [-0.05, 0) is 26.0 Å². The van der Waals surface area contributed by atoms with Gasteiger partial charge in [0.25, 0.3) is 0 Å². The predicted molar refractivity (Wildman–Crippen MR) is 67.5 cm³/mol. The van der Waals surface area contributed by atoms with Crippen molar-refractivity contribution in [2.45, 2.75) is 19.9 Å². The van der Waals surface area contributed by atoms with Crippen LogP contribution in [0.1, 0.15) is 19.4 Å². The Bertz CT molecular complexity index is 480. The Balaban J connectivity index is 2.73. The highest BCUT2D eigenvalue weighted by atomic mass is 19.1. The fourth-order valence-corrected chi connectivity index (χ4v) is 1.37. The van der Waals surface area contributed by atoms with Crippen molar-refractivity contribution in [3.63, 3.8) is 0 Å². The van der Waals surface area contributed by atoms with Crippen LogP contribution in [0.4, 0.5) is 10.1 Å². The molecule has 0 aliphatic rings. The summed E-state index contributed by atoms with van der Waals surface area (Å²) in [7, 11) is 1.70. The van der Waals surface area contributed by atoms with E-state index in [2.05, 4.69) is 5.32 Å². The van der Waals surface area contributed by atoms with E-state index in [1.165, 1.54) is 12.1 Å². The third-order valence-electron chi connectivity index (χ3n) is 2.72. The van der Waals surface area contributed by atoms with Gasteiger partial charge in [-0.3, -0.25) is 4.79 Å². The standard InChI is InChI=1S/C13H16FN3O/c1-9(2)17(3)13(18)8-16-12-6-4-5-11(14)10(12)7-15/h4-6,9,16H,8H2,1-3H3. The minimum Gasteiger partial charge on any atom is -0.375 e. The number of nitriles is 1. The lowest BCUT2D eigenvalue weighted by molar-refractivity contribution is -0.129. The van der Waals surface area contributed by atoms with Crippen LogP contribution in [0, 0.1) is 17.1 Å². The molecule has 1 aromatic rings. The SMILES string of the molecule is CC(C)N(C)C(=O)CNc1cccc(F)c1C#N. The lowest BCUT2D eigenvalue weighted by atomic mass is 10.2. The Labute approximate surface area is 106 Å². The van der Waals surface area contributed by atoms with Crippen molar-refractivity contribution in [1.29, 1.82) is 5.26 Å². The molecule has 0 aliphatic heterocycles. The molecule has 0 heterocycles. The molecule has 1 aromatic carbocycles. The monoisotopic (exact) mass is 249 g/mol. The average molecular weight is 249 g/mol. The number of hydrogen-bond donors (Lipinski definition) is 1. The highest BCUT2D eigenvalue weighted by molar-refractivity contribution is 5.81. The lowest BCUT2D eigenvalue weighted by Crippen LogP contribution is -2.37. The summed E-state index contributed by atoms with van der Waals surface area (Å²) >= 11 is 0. The first-order chi connectivity index (χ1) is 8.47. The van der Waals surface area contributed by atoms with Gasteiger partial charge in [0.15, 0.2) is 0 Å². The number of rotatable bonds is 4. The van der Waals surface area contributed by atoms with Gasteiger partial charge in [0, 0.05) is 13.1 Å². The molecule has 0 saturated heterocycles. The molecular formula is C13H16FN3O. The number of benzene rings is 1. The van der Waals surface area contributed by atoms with Gasteiger partial charge in [-0.2, -0.15) is 5.26 Å². The number of nitrogens with one attached hydrogen (secondary N) is 1. The van der Waals surface area contributed by atoms with Crippen molar-refractivity contribution in [3.05, 3.63) is 29.6 Å². The van der Waals surface area contributed by atoms with Crippen LogP contribution >= 0.6 is 0 Å². The molecular weight excluding hydrogens is 233 g/mol. The molecule has 0 atom stereocenters. The Morgan fingerprint density at radius 1 is 1.56 bits per heavy atom. The summed E-state index contributed by atoms with van der Waals surface area (Å²) in [6, 6.07) is 6.16. The first-order valence-electron chi connectivity index (χ1n) is 5.65. The third kappa shape index (κ3) is 3.20. The van der Waals surface area contributed by atoms with Crippen LogP contribution in [0.2, 0.25) is 0 Å². The molecule has 96 valence electrons. The van der Waals surface area contributed by atoms with Crippen molar-refractivity contribution < 1.29 is 9.18 Å². The fraction of sp³-hybridized carbons (Fsp3) is 0.385. The Kier molecular flexibility index (Phi) is 4.67. The van der Waals surface area contributed by atoms with Crippen LogP contribution in [-0.2, 0) is 4.79 Å². The molecule has 0 saturated carbocycles. The van der Waals surface area contributed by atoms with Crippen molar-refractivity contribution in [2.75, 3.05) is 18.9 Å². The molecule has 0 aromatic heterocycles. The topological polar surface area (TPSA) is 56.1 Å². The maximum atomic E-state index is 13.3. The van der Waals surface area contributed by atoms with Gasteiger partial charge in [-0.15, -0.1) is 0 Å². The molecule has 0 unspecified atom stereocenters. The number of anilines is 1. The second kappa shape index (κ2) is 6.01. The molecule has 0 fully saturated rings. The number of likely N-dealkylation sites (N-methyl/N-ethyl adjacent to an activating group) is 1. The Morgan fingerprint density at radius 2 is 2.22 bits per heavy atom. The second-order valence-corrected chi connectivity index (χ2v) is 4.23. The van der Waals surface area contributed by atoms with E-state index in [1.807, 2.05) is 13.8 Å². The van der Waals surface area contributed by atoms with Crippen LogP contribution in [0.25, 0.3) is 0 Å². The summed E-state index contributed by atoms with van der Waals surface area (Å²) in [4.78, 5) is 13.3. The zero-order valence-electron chi connectivity index (χ0n) is 10.7. The average Bonchev–Trinajstić information content (AvgIpc) is 2.34. The van der Waals surface area contributed by atoms with Crippen LogP contribution in [0.5, 0.6) is 0 Å². The smallest absolute Gasteiger partial charge is 0.241 e. The van der Waals surface area contributed by atoms with E-state index in [4.69, 9.17) is 5.26 Å². The molecule has 1 N–H and O–H groups in total. The summed E-state index contributed by atoms with van der Waals surface area (Å²) in [5.41, 5.74) is 0.264. The molecule has 0 bridgehead atoms. The summed E-state index contributed by atoms with van der Waals surface area (Å²) in [5, 5.41) is 11.6. The summed E-state index contributed by atoms with van der Waals surface area (Å²) in [6.07, 6.45) is 0. The summed E-state index contributed by atoms with van der Waals surface area (Å²) < 4.78 is 13.3. The highest BCUT2D eigenvalue weighted by Crippen LogP contribution is 2.17. The molecule has 1 amide bonds. The number of carbonyl (C=O) groups is 1. The van der Waals surface area contributed by atoms with Gasteiger partial charge in [0.1, 0.15) is 17.4 Å². The van der Waals surface area contributed by atoms with Gasteiger partial charge >= 0.3 is 0 Å². The van der Waals surface area contributed by atoms with Gasteiger partial charge in [-0.1, -0.05) is 6.07 Å². The van der Waals surface area contributed by atoms with Crippen LogP contribution < -0.4 is 5.32 Å². The molecule has 0 aliphatic carbocycles. The minimum absolute atomic E-state index is 0.0345. The molecule has 0 spiro atoms. The number of hydrogen-bond acceptors (Lipinski definition) is 3. The van der Waals surface area contributed by atoms with E-state index in [0.29, 0.717) is 5.69 Å². The fourth-order valence-electron chi connectivity index (χ4n) is 1.37. The molecule has 1 rings (SSSR count). The molecule has 5 heteroatoms. The van der Waals surface area contributed by atoms with Crippen molar-refractivity contribution in [3.8, 4) is 6.07 Å². The van der Waals surface area contributed by atoms with Crippen molar-refractivity contribution >= 4 is 11.6 Å². The maximum absolute atomic E-state index is 13.3. The zero-order valence-corrected chi connectivity index (χ0v) is 10.7. The quantitative estimate of drug-likeness (QED) is 0.887. The van der Waals surface area contributed by atoms with Crippen LogP contribution in [0.3, 0.4) is 0 Å². The van der Waals surface area contributed by atoms with Crippen molar-refractivity contribution in [1.82, 2.24) is 4.90 Å². The Hall–Kier alpha value is -2.09. The van der Waals surface area contributed by atoms with E-state index in [-0.39, 0.29) is 24.1 Å². The zero-order chi connectivity index (χ0) is 13.7. The normalized spacial score (nSPS) is 10.0. The lowest BCUT2D eigenvalue weighted by Gasteiger charge is -2.22. The predicted octanol–water partition coefficient (Wildman–Crippen LogP) is 1.98. The number of nitrogens with zero attached hydrogens (tertiary/aromatic N) is 2. The van der Waals surface area contributed by atoms with Gasteiger partial charge in [0.05, 0.1) is 12.2 Å². The summed E-state index contributed by atoms with van der Waals surface area (Å²) in [6.45, 7) is 3.84. The Morgan fingerprint density at radius 3 is 2.78 bits per heavy atom. The van der Waals surface area contributed by atoms with E-state index in [0.717, 1.165) is 0 Å². The first kappa shape index (κ1) is 14.0. The van der Waals surface area contributed by atoms with Crippen molar-refractivity contribution in [2.24, 2.45) is 0 Å². The highest BCUT2D eigenvalue weighted by Gasteiger charge is 2.13. The van der Waals surface area contributed by atoms with Gasteiger partial charge < -0.3 is 10.2 Å². The van der Waals surface area contributed by atoms with E-state index in [9.17, 15) is 9.18 Å². The van der Waals surface area contributed by atoms with E-state index >= 15 is 0 Å². The molecule has 18 heavy (non-hydrogen) atoms. The summed E-state index contributed by atoms with van der Waals surface area (Å²) in [5.74, 6) is -0.703. The number of amides is 1.